The number of hydrogen-bond donors (Lipinski definition) is 4. The second-order valence-electron chi connectivity index (χ2n) is 8.13. The van der Waals surface area contributed by atoms with E-state index in [1.54, 1.807) is 0 Å². The predicted octanol–water partition coefficient (Wildman–Crippen LogP) is 1.06. The molecule has 0 aromatic rings. The molecule has 0 aromatic carbocycles. The summed E-state index contributed by atoms with van der Waals surface area (Å²) in [7, 11) is 0. The molecule has 0 aliphatic carbocycles. The minimum absolute atomic E-state index is 0.234. The lowest BCUT2D eigenvalue weighted by atomic mass is 10.1. The molecule has 0 radical (unpaired) electrons. The number of ether oxygens (including phenoxy) is 3. The second kappa shape index (κ2) is 25.5. The Morgan fingerprint density at radius 2 is 1.26 bits per heavy atom. The molecule has 0 saturated heterocycles. The zero-order valence-corrected chi connectivity index (χ0v) is 22.2. The van der Waals surface area contributed by atoms with Crippen molar-refractivity contribution in [1.29, 1.82) is 0 Å². The van der Waals surface area contributed by atoms with Crippen LogP contribution < -0.4 is 21.7 Å². The lowest BCUT2D eigenvalue weighted by Crippen LogP contribution is -2.53. The molecule has 16 nitrogen and oxygen atoms in total. The zero-order valence-electron chi connectivity index (χ0n) is 22.2. The minimum Gasteiger partial charge on any atom is -0.378 e. The Hall–Kier alpha value is -3.13. The van der Waals surface area contributed by atoms with E-state index in [-0.39, 0.29) is 31.5 Å². The molecule has 38 heavy (non-hydrogen) atoms. The summed E-state index contributed by atoms with van der Waals surface area (Å²) in [6.07, 6.45) is 2.84. The van der Waals surface area contributed by atoms with Crippen molar-refractivity contribution in [3.63, 3.8) is 0 Å². The van der Waals surface area contributed by atoms with E-state index in [2.05, 4.69) is 36.0 Å². The number of nitrogens with two attached hydrogens (primary N) is 1. The average molecular weight is 543 g/mol. The van der Waals surface area contributed by atoms with Crippen molar-refractivity contribution in [2.45, 2.75) is 57.5 Å². The van der Waals surface area contributed by atoms with Crippen LogP contribution in [0.15, 0.2) is 10.2 Å². The van der Waals surface area contributed by atoms with E-state index < -0.39 is 18.0 Å². The van der Waals surface area contributed by atoms with Crippen LogP contribution in [0.5, 0.6) is 0 Å². The fourth-order valence-electron chi connectivity index (χ4n) is 3.20. The average Bonchev–Trinajstić information content (AvgIpc) is 2.89. The van der Waals surface area contributed by atoms with Crippen LogP contribution in [0.2, 0.25) is 0 Å². The zero-order chi connectivity index (χ0) is 28.3. The van der Waals surface area contributed by atoms with Crippen LogP contribution in [0.4, 0.5) is 0 Å². The van der Waals surface area contributed by atoms with Crippen LogP contribution in [-0.2, 0) is 28.6 Å². The van der Waals surface area contributed by atoms with Crippen molar-refractivity contribution >= 4 is 17.7 Å². The molecule has 0 rings (SSSR count). The molecule has 0 saturated carbocycles. The van der Waals surface area contributed by atoms with Gasteiger partial charge in [0, 0.05) is 42.9 Å². The molecule has 216 valence electrons. The Labute approximate surface area is 222 Å². The summed E-state index contributed by atoms with van der Waals surface area (Å²) < 4.78 is 16.0. The van der Waals surface area contributed by atoms with Crippen LogP contribution >= 0.6 is 0 Å². The third-order valence-corrected chi connectivity index (χ3v) is 5.01. The number of carbonyl (C=O) groups is 3. The predicted molar refractivity (Wildman–Crippen MR) is 140 cm³/mol. The maximum absolute atomic E-state index is 12.9. The van der Waals surface area contributed by atoms with Gasteiger partial charge in [-0.2, -0.15) is 0 Å². The maximum atomic E-state index is 12.9. The number of unbranched alkanes of at least 4 members (excludes halogenated alkanes) is 2. The van der Waals surface area contributed by atoms with Gasteiger partial charge in [0.1, 0.15) is 12.1 Å². The number of hydrogen-bond acceptors (Lipinski definition) is 9. The number of azide groups is 2. The third-order valence-electron chi connectivity index (χ3n) is 5.01. The van der Waals surface area contributed by atoms with E-state index in [1.807, 2.05) is 0 Å². The van der Waals surface area contributed by atoms with Gasteiger partial charge in [0.15, 0.2) is 0 Å². The summed E-state index contributed by atoms with van der Waals surface area (Å²) in [6, 6.07) is -1.68. The lowest BCUT2D eigenvalue weighted by molar-refractivity contribution is -0.132. The Balaban J connectivity index is 4.68. The van der Waals surface area contributed by atoms with E-state index >= 15 is 0 Å². The molecular weight excluding hydrogens is 500 g/mol. The molecule has 0 aliphatic rings. The van der Waals surface area contributed by atoms with Crippen molar-refractivity contribution in [3.8, 4) is 0 Å². The fraction of sp³-hybridized carbons (Fsp3) is 0.864. The largest absolute Gasteiger partial charge is 0.378 e. The Morgan fingerprint density at radius 1 is 0.763 bits per heavy atom. The van der Waals surface area contributed by atoms with Crippen LogP contribution in [0.25, 0.3) is 20.9 Å². The Bertz CT molecular complexity index is 759. The molecule has 5 N–H and O–H groups in total. The first kappa shape index (κ1) is 34.9. The number of amides is 3. The topological polar surface area (TPSA) is 239 Å². The van der Waals surface area contributed by atoms with Crippen molar-refractivity contribution in [3.05, 3.63) is 20.9 Å². The molecule has 16 heteroatoms. The first-order valence-electron chi connectivity index (χ1n) is 12.8. The summed E-state index contributed by atoms with van der Waals surface area (Å²) in [6.45, 7) is 4.96. The second-order valence-corrected chi connectivity index (χ2v) is 8.13. The molecule has 3 amide bonds. The third kappa shape index (κ3) is 21.0. The fourth-order valence-corrected chi connectivity index (χ4v) is 3.20. The van der Waals surface area contributed by atoms with Gasteiger partial charge in [0.05, 0.1) is 39.6 Å². The van der Waals surface area contributed by atoms with Gasteiger partial charge >= 0.3 is 0 Å². The van der Waals surface area contributed by atoms with Gasteiger partial charge in [-0.1, -0.05) is 23.1 Å². The van der Waals surface area contributed by atoms with E-state index in [0.717, 1.165) is 0 Å². The van der Waals surface area contributed by atoms with Crippen molar-refractivity contribution < 1.29 is 28.6 Å². The summed E-state index contributed by atoms with van der Waals surface area (Å²) >= 11 is 0. The van der Waals surface area contributed by atoms with Crippen LogP contribution in [0.3, 0.4) is 0 Å². The number of nitrogens with zero attached hydrogens (tertiary/aromatic N) is 6. The summed E-state index contributed by atoms with van der Waals surface area (Å²) in [5.41, 5.74) is 22.1. The molecule has 0 aromatic heterocycles. The minimum atomic E-state index is -0.843. The normalized spacial score (nSPS) is 11.9. The highest BCUT2D eigenvalue weighted by Crippen LogP contribution is 2.06. The SMILES string of the molecule is CC(=O)N[C@@H](CCCCN=[N+]=[N-])C(=O)N[C@@H](CCCCN=[N+]=[N-])C(=O)NCCOCCOCCOCCN. The first-order chi connectivity index (χ1) is 18.5. The highest BCUT2D eigenvalue weighted by Gasteiger charge is 2.25. The van der Waals surface area contributed by atoms with Gasteiger partial charge in [-0.25, -0.2) is 0 Å². The van der Waals surface area contributed by atoms with E-state index in [9.17, 15) is 14.4 Å². The molecule has 0 unspecified atom stereocenters. The molecule has 0 aliphatic heterocycles. The van der Waals surface area contributed by atoms with Crippen LogP contribution in [0, 0.1) is 0 Å². The molecule has 2 atom stereocenters. The number of nitrogens with one attached hydrogen (secondary N) is 3. The van der Waals surface area contributed by atoms with Crippen molar-refractivity contribution in [2.75, 3.05) is 65.8 Å². The molecule has 0 heterocycles. The monoisotopic (exact) mass is 542 g/mol. The van der Waals surface area contributed by atoms with Gasteiger partial charge in [0.25, 0.3) is 0 Å². The van der Waals surface area contributed by atoms with Crippen LogP contribution in [0.1, 0.15) is 45.4 Å². The maximum Gasteiger partial charge on any atom is 0.243 e. The highest BCUT2D eigenvalue weighted by molar-refractivity contribution is 5.91. The van der Waals surface area contributed by atoms with E-state index in [4.69, 9.17) is 31.0 Å². The number of carbonyl (C=O) groups excluding carboxylic acids is 3. The number of rotatable bonds is 25. The molecule has 0 spiro atoms. The molecule has 0 fully saturated rings. The molecule has 0 bridgehead atoms. The summed E-state index contributed by atoms with van der Waals surface area (Å²) in [5.74, 6) is -1.24. The van der Waals surface area contributed by atoms with Crippen molar-refractivity contribution in [2.24, 2.45) is 16.0 Å². The van der Waals surface area contributed by atoms with Crippen molar-refractivity contribution in [1.82, 2.24) is 16.0 Å². The van der Waals surface area contributed by atoms with Gasteiger partial charge in [-0.3, -0.25) is 14.4 Å². The smallest absolute Gasteiger partial charge is 0.243 e. The summed E-state index contributed by atoms with van der Waals surface area (Å²) in [4.78, 5) is 42.7. The van der Waals surface area contributed by atoms with Gasteiger partial charge in [-0.15, -0.1) is 0 Å². The Kier molecular flexibility index (Phi) is 23.4. The highest BCUT2D eigenvalue weighted by atomic mass is 16.5. The lowest BCUT2D eigenvalue weighted by Gasteiger charge is -2.23. The summed E-state index contributed by atoms with van der Waals surface area (Å²) in [5, 5.41) is 15.0. The van der Waals surface area contributed by atoms with Crippen LogP contribution in [-0.4, -0.2) is 95.6 Å². The van der Waals surface area contributed by atoms with Gasteiger partial charge in [-0.05, 0) is 36.7 Å². The first-order valence-corrected chi connectivity index (χ1v) is 12.8. The van der Waals surface area contributed by atoms with Gasteiger partial charge < -0.3 is 35.9 Å². The Morgan fingerprint density at radius 3 is 1.76 bits per heavy atom. The van der Waals surface area contributed by atoms with E-state index in [1.165, 1.54) is 6.92 Å². The molecular formula is C22H42N10O6. The quantitative estimate of drug-likeness (QED) is 0.0565. The van der Waals surface area contributed by atoms with Gasteiger partial charge in [0.2, 0.25) is 17.7 Å². The van der Waals surface area contributed by atoms with E-state index in [0.29, 0.717) is 84.6 Å². The standard InChI is InChI=1S/C22H42N10O6/c1-18(33)29-20(7-3-5-10-28-32-25)22(35)30-19(6-2-4-9-27-31-24)21(34)26-11-13-37-15-17-38-16-14-36-12-8-23/h19-20H,2-17,23H2,1H3,(H,26,34)(H,29,33)(H,30,35)/t19-,20-/m0/s1.